The van der Waals surface area contributed by atoms with Gasteiger partial charge in [-0.2, -0.15) is 0 Å². The zero-order valence-electron chi connectivity index (χ0n) is 10.5. The van der Waals surface area contributed by atoms with Gasteiger partial charge in [0.1, 0.15) is 0 Å². The second kappa shape index (κ2) is 7.27. The van der Waals surface area contributed by atoms with Gasteiger partial charge in [0.2, 0.25) is 0 Å². The minimum absolute atomic E-state index is 0.222. The molecule has 96 valence electrons. The van der Waals surface area contributed by atoms with E-state index >= 15 is 0 Å². The minimum atomic E-state index is 0.222. The standard InChI is InChI=1S/C13H20ClNOS/c1-9(7-16)8-17-13-5-4-11(6-12(13)14)10(2)15-3/h4-6,9-10,15-16H,7-8H2,1-3H3. The summed E-state index contributed by atoms with van der Waals surface area (Å²) in [5, 5.41) is 13.0. The third kappa shape index (κ3) is 4.51. The lowest BCUT2D eigenvalue weighted by molar-refractivity contribution is 0.250. The van der Waals surface area contributed by atoms with Gasteiger partial charge in [0.25, 0.3) is 0 Å². The first-order chi connectivity index (χ1) is 8.08. The molecule has 1 aromatic carbocycles. The Bertz CT molecular complexity index is 359. The second-order valence-electron chi connectivity index (χ2n) is 4.30. The lowest BCUT2D eigenvalue weighted by Gasteiger charge is -2.13. The van der Waals surface area contributed by atoms with Crippen molar-refractivity contribution in [2.75, 3.05) is 19.4 Å². The monoisotopic (exact) mass is 273 g/mol. The van der Waals surface area contributed by atoms with Crippen LogP contribution in [-0.4, -0.2) is 24.5 Å². The van der Waals surface area contributed by atoms with Gasteiger partial charge in [0.15, 0.2) is 0 Å². The maximum atomic E-state index is 8.98. The normalized spacial score (nSPS) is 14.6. The van der Waals surface area contributed by atoms with E-state index in [0.29, 0.717) is 12.0 Å². The molecule has 0 saturated carbocycles. The van der Waals surface area contributed by atoms with Crippen molar-refractivity contribution in [3.63, 3.8) is 0 Å². The molecule has 2 nitrogen and oxygen atoms in total. The molecule has 2 N–H and O–H groups in total. The largest absolute Gasteiger partial charge is 0.396 e. The molecule has 0 saturated heterocycles. The smallest absolute Gasteiger partial charge is 0.0545 e. The third-order valence-electron chi connectivity index (χ3n) is 2.72. The Morgan fingerprint density at radius 3 is 2.65 bits per heavy atom. The summed E-state index contributed by atoms with van der Waals surface area (Å²) in [5.74, 6) is 1.18. The zero-order valence-corrected chi connectivity index (χ0v) is 12.1. The first-order valence-electron chi connectivity index (χ1n) is 5.78. The van der Waals surface area contributed by atoms with Crippen molar-refractivity contribution in [1.82, 2.24) is 5.32 Å². The molecule has 0 amide bonds. The molecule has 1 rings (SSSR count). The number of nitrogens with one attached hydrogen (secondary N) is 1. The zero-order chi connectivity index (χ0) is 12.8. The highest BCUT2D eigenvalue weighted by Gasteiger charge is 2.08. The fraction of sp³-hybridized carbons (Fsp3) is 0.538. The van der Waals surface area contributed by atoms with Crippen LogP contribution in [-0.2, 0) is 0 Å². The summed E-state index contributed by atoms with van der Waals surface area (Å²) >= 11 is 7.94. The van der Waals surface area contributed by atoms with Crippen molar-refractivity contribution in [3.8, 4) is 0 Å². The minimum Gasteiger partial charge on any atom is -0.396 e. The highest BCUT2D eigenvalue weighted by atomic mass is 35.5. The van der Waals surface area contributed by atoms with Gasteiger partial charge in [0.05, 0.1) is 5.02 Å². The van der Waals surface area contributed by atoms with E-state index in [9.17, 15) is 0 Å². The molecule has 2 atom stereocenters. The summed E-state index contributed by atoms with van der Waals surface area (Å²) in [5.41, 5.74) is 1.19. The van der Waals surface area contributed by atoms with Crippen molar-refractivity contribution in [1.29, 1.82) is 0 Å². The lowest BCUT2D eigenvalue weighted by atomic mass is 10.1. The van der Waals surface area contributed by atoms with Crippen molar-refractivity contribution >= 4 is 23.4 Å². The maximum Gasteiger partial charge on any atom is 0.0545 e. The lowest BCUT2D eigenvalue weighted by Crippen LogP contribution is -2.12. The van der Waals surface area contributed by atoms with E-state index in [1.165, 1.54) is 5.56 Å². The van der Waals surface area contributed by atoms with Crippen LogP contribution in [0, 0.1) is 5.92 Å². The molecule has 0 bridgehead atoms. The molecule has 0 radical (unpaired) electrons. The van der Waals surface area contributed by atoms with Gasteiger partial charge < -0.3 is 10.4 Å². The molecule has 4 heteroatoms. The molecule has 0 aliphatic rings. The van der Waals surface area contributed by atoms with Crippen molar-refractivity contribution in [2.24, 2.45) is 5.92 Å². The van der Waals surface area contributed by atoms with Crippen LogP contribution in [0.4, 0.5) is 0 Å². The Morgan fingerprint density at radius 1 is 1.41 bits per heavy atom. The summed E-state index contributed by atoms with van der Waals surface area (Å²) in [6.45, 7) is 4.35. The molecular formula is C13H20ClNOS. The van der Waals surface area contributed by atoms with Crippen molar-refractivity contribution in [2.45, 2.75) is 24.8 Å². The van der Waals surface area contributed by atoms with E-state index in [1.807, 2.05) is 20.0 Å². The number of halogens is 1. The highest BCUT2D eigenvalue weighted by Crippen LogP contribution is 2.30. The summed E-state index contributed by atoms with van der Waals surface area (Å²) in [4.78, 5) is 1.08. The van der Waals surface area contributed by atoms with E-state index in [0.717, 1.165) is 15.7 Å². The van der Waals surface area contributed by atoms with Crippen LogP contribution in [0.3, 0.4) is 0 Å². The Morgan fingerprint density at radius 2 is 2.12 bits per heavy atom. The summed E-state index contributed by atoms with van der Waals surface area (Å²) in [6.07, 6.45) is 0. The van der Waals surface area contributed by atoms with Crippen LogP contribution in [0.2, 0.25) is 5.02 Å². The van der Waals surface area contributed by atoms with Crippen LogP contribution < -0.4 is 5.32 Å². The molecule has 0 spiro atoms. The molecule has 0 fully saturated rings. The van der Waals surface area contributed by atoms with Crippen LogP contribution in [0.15, 0.2) is 23.1 Å². The molecule has 0 aliphatic heterocycles. The Labute approximate surface area is 113 Å². The number of hydrogen-bond donors (Lipinski definition) is 2. The molecule has 0 aliphatic carbocycles. The van der Waals surface area contributed by atoms with Gasteiger partial charge in [-0.15, -0.1) is 11.8 Å². The predicted molar refractivity (Wildman–Crippen MR) is 75.9 cm³/mol. The number of hydrogen-bond acceptors (Lipinski definition) is 3. The van der Waals surface area contributed by atoms with Gasteiger partial charge in [-0.25, -0.2) is 0 Å². The molecule has 17 heavy (non-hydrogen) atoms. The van der Waals surface area contributed by atoms with Crippen LogP contribution in [0.25, 0.3) is 0 Å². The number of aliphatic hydroxyl groups excluding tert-OH is 1. The predicted octanol–water partition coefficient (Wildman–Crippen LogP) is 3.34. The van der Waals surface area contributed by atoms with Gasteiger partial charge in [-0.05, 0) is 37.6 Å². The fourth-order valence-electron chi connectivity index (χ4n) is 1.35. The Kier molecular flexibility index (Phi) is 6.34. The fourth-order valence-corrected chi connectivity index (χ4v) is 2.64. The summed E-state index contributed by atoms with van der Waals surface area (Å²) in [7, 11) is 1.93. The van der Waals surface area contributed by atoms with E-state index in [-0.39, 0.29) is 6.61 Å². The molecule has 0 heterocycles. The molecule has 1 aromatic rings. The third-order valence-corrected chi connectivity index (χ3v) is 4.55. The van der Waals surface area contributed by atoms with Gasteiger partial charge in [-0.3, -0.25) is 0 Å². The van der Waals surface area contributed by atoms with Gasteiger partial charge >= 0.3 is 0 Å². The van der Waals surface area contributed by atoms with Crippen LogP contribution in [0.5, 0.6) is 0 Å². The first-order valence-corrected chi connectivity index (χ1v) is 7.15. The summed E-state index contributed by atoms with van der Waals surface area (Å²) in [6, 6.07) is 6.47. The number of benzene rings is 1. The molecule has 2 unspecified atom stereocenters. The van der Waals surface area contributed by atoms with Crippen LogP contribution >= 0.6 is 23.4 Å². The van der Waals surface area contributed by atoms with Crippen LogP contribution in [0.1, 0.15) is 25.5 Å². The number of rotatable bonds is 6. The Hall–Kier alpha value is -0.220. The van der Waals surface area contributed by atoms with Gasteiger partial charge in [0, 0.05) is 23.3 Å². The average Bonchev–Trinajstić information content (AvgIpc) is 2.35. The first kappa shape index (κ1) is 14.8. The quantitative estimate of drug-likeness (QED) is 0.780. The van der Waals surface area contributed by atoms with Crippen molar-refractivity contribution in [3.05, 3.63) is 28.8 Å². The number of aliphatic hydroxyl groups is 1. The maximum absolute atomic E-state index is 8.98. The van der Waals surface area contributed by atoms with Gasteiger partial charge in [-0.1, -0.05) is 24.6 Å². The summed E-state index contributed by atoms with van der Waals surface area (Å²) < 4.78 is 0. The second-order valence-corrected chi connectivity index (χ2v) is 5.77. The average molecular weight is 274 g/mol. The molecule has 0 aromatic heterocycles. The van der Waals surface area contributed by atoms with E-state index in [4.69, 9.17) is 16.7 Å². The Balaban J connectivity index is 2.69. The van der Waals surface area contributed by atoms with Crippen molar-refractivity contribution < 1.29 is 5.11 Å². The molecular weight excluding hydrogens is 254 g/mol. The van der Waals surface area contributed by atoms with E-state index in [1.54, 1.807) is 11.8 Å². The van der Waals surface area contributed by atoms with E-state index in [2.05, 4.69) is 24.4 Å². The topological polar surface area (TPSA) is 32.3 Å². The SMILES string of the molecule is CNC(C)c1ccc(SCC(C)CO)c(Cl)c1. The van der Waals surface area contributed by atoms with E-state index < -0.39 is 0 Å². The highest BCUT2D eigenvalue weighted by molar-refractivity contribution is 7.99. The number of thioether (sulfide) groups is 1.